The Hall–Kier alpha value is -0.990. The van der Waals surface area contributed by atoms with Gasteiger partial charge in [0, 0.05) is 5.92 Å². The molecule has 0 aromatic rings. The van der Waals surface area contributed by atoms with Crippen molar-refractivity contribution in [3.05, 3.63) is 12.3 Å². The Balaban J connectivity index is 2.39. The lowest BCUT2D eigenvalue weighted by atomic mass is 9.81. The third kappa shape index (κ3) is 2.00. The fourth-order valence-corrected chi connectivity index (χ4v) is 1.67. The molecule has 0 spiro atoms. The first-order chi connectivity index (χ1) is 5.61. The lowest BCUT2D eigenvalue weighted by molar-refractivity contribution is -0.143. The second-order valence-electron chi connectivity index (χ2n) is 3.38. The predicted molar refractivity (Wildman–Crippen MR) is 44.9 cm³/mol. The van der Waals surface area contributed by atoms with Crippen LogP contribution in [-0.2, 0) is 4.79 Å². The lowest BCUT2D eigenvalue weighted by Gasteiger charge is -2.24. The smallest absolute Gasteiger partial charge is 0.306 e. The van der Waals surface area contributed by atoms with E-state index in [0.29, 0.717) is 12.8 Å². The van der Waals surface area contributed by atoms with E-state index in [1.165, 1.54) is 0 Å². The number of carbonyl (C=O) groups is 1. The Kier molecular flexibility index (Phi) is 2.74. The van der Waals surface area contributed by atoms with Gasteiger partial charge in [-0.3, -0.25) is 4.79 Å². The molecule has 1 aliphatic rings. The Labute approximate surface area is 71.7 Å². The molecule has 0 amide bonds. The molecule has 12 heavy (non-hydrogen) atoms. The number of aliphatic hydroxyl groups excluding tert-OH is 1. The van der Waals surface area contributed by atoms with Crippen molar-refractivity contribution in [2.24, 2.45) is 11.8 Å². The van der Waals surface area contributed by atoms with Gasteiger partial charge in [0.15, 0.2) is 0 Å². The molecule has 1 fully saturated rings. The second kappa shape index (κ2) is 3.61. The highest BCUT2D eigenvalue weighted by molar-refractivity contribution is 5.70. The zero-order valence-corrected chi connectivity index (χ0v) is 6.99. The molecule has 1 rings (SSSR count). The van der Waals surface area contributed by atoms with Gasteiger partial charge in [-0.25, -0.2) is 0 Å². The number of hydrogen-bond acceptors (Lipinski definition) is 2. The van der Waals surface area contributed by atoms with E-state index in [0.717, 1.165) is 12.8 Å². The van der Waals surface area contributed by atoms with Crippen molar-refractivity contribution in [2.75, 3.05) is 0 Å². The molecule has 0 aliphatic heterocycles. The molecular weight excluding hydrogens is 156 g/mol. The first-order valence-electron chi connectivity index (χ1n) is 4.22. The van der Waals surface area contributed by atoms with Crippen LogP contribution in [0.3, 0.4) is 0 Å². The minimum absolute atomic E-state index is 0.126. The number of aliphatic carboxylic acids is 1. The molecule has 0 atom stereocenters. The Morgan fingerprint density at radius 3 is 1.83 bits per heavy atom. The van der Waals surface area contributed by atoms with Crippen molar-refractivity contribution in [3.8, 4) is 0 Å². The van der Waals surface area contributed by atoms with Crippen molar-refractivity contribution in [1.82, 2.24) is 0 Å². The van der Waals surface area contributed by atoms with Crippen molar-refractivity contribution < 1.29 is 15.0 Å². The van der Waals surface area contributed by atoms with Crippen LogP contribution in [0.25, 0.3) is 0 Å². The van der Waals surface area contributed by atoms with Gasteiger partial charge in [0.2, 0.25) is 0 Å². The number of allylic oxidation sites excluding steroid dienone is 1. The van der Waals surface area contributed by atoms with Crippen molar-refractivity contribution >= 4 is 5.97 Å². The molecule has 0 radical (unpaired) electrons. The van der Waals surface area contributed by atoms with Crippen LogP contribution in [0.4, 0.5) is 0 Å². The second-order valence-corrected chi connectivity index (χ2v) is 3.38. The van der Waals surface area contributed by atoms with Gasteiger partial charge in [-0.05, 0) is 25.7 Å². The summed E-state index contributed by atoms with van der Waals surface area (Å²) in [6.45, 7) is 3.46. The number of hydrogen-bond donors (Lipinski definition) is 2. The summed E-state index contributed by atoms with van der Waals surface area (Å²) in [5.74, 6) is -0.586. The predicted octanol–water partition coefficient (Wildman–Crippen LogP) is 1.95. The van der Waals surface area contributed by atoms with E-state index < -0.39 is 5.97 Å². The van der Waals surface area contributed by atoms with Gasteiger partial charge in [-0.1, -0.05) is 6.58 Å². The van der Waals surface area contributed by atoms with Gasteiger partial charge < -0.3 is 10.2 Å². The van der Waals surface area contributed by atoms with Crippen LogP contribution >= 0.6 is 0 Å². The summed E-state index contributed by atoms with van der Waals surface area (Å²) < 4.78 is 0. The molecule has 1 saturated carbocycles. The monoisotopic (exact) mass is 170 g/mol. The van der Waals surface area contributed by atoms with E-state index in [-0.39, 0.29) is 17.6 Å². The largest absolute Gasteiger partial charge is 0.513 e. The van der Waals surface area contributed by atoms with E-state index >= 15 is 0 Å². The molecule has 0 aromatic heterocycles. The molecule has 1 aliphatic carbocycles. The van der Waals surface area contributed by atoms with Crippen molar-refractivity contribution in [1.29, 1.82) is 0 Å². The quantitative estimate of drug-likeness (QED) is 0.623. The molecule has 2 N–H and O–H groups in total. The maximum Gasteiger partial charge on any atom is 0.306 e. The highest BCUT2D eigenvalue weighted by atomic mass is 16.4. The van der Waals surface area contributed by atoms with E-state index in [1.54, 1.807) is 0 Å². The van der Waals surface area contributed by atoms with Crippen LogP contribution in [0.15, 0.2) is 12.3 Å². The highest BCUT2D eigenvalue weighted by Gasteiger charge is 2.26. The minimum atomic E-state index is -0.711. The molecule has 68 valence electrons. The maximum atomic E-state index is 10.5. The molecule has 0 heterocycles. The van der Waals surface area contributed by atoms with Crippen molar-refractivity contribution in [2.45, 2.75) is 25.7 Å². The topological polar surface area (TPSA) is 57.5 Å². The first kappa shape index (κ1) is 9.10. The van der Waals surface area contributed by atoms with Gasteiger partial charge in [0.1, 0.15) is 0 Å². The SMILES string of the molecule is C=C(O)C1CCC(C(=O)O)CC1. The molecule has 3 heteroatoms. The van der Waals surface area contributed by atoms with Gasteiger partial charge in [0.25, 0.3) is 0 Å². The number of aliphatic hydroxyl groups is 1. The number of carboxylic acids is 1. The summed E-state index contributed by atoms with van der Waals surface area (Å²) in [6, 6.07) is 0. The van der Waals surface area contributed by atoms with Crippen LogP contribution in [-0.4, -0.2) is 16.2 Å². The molecule has 0 unspecified atom stereocenters. The van der Waals surface area contributed by atoms with Gasteiger partial charge in [-0.2, -0.15) is 0 Å². The van der Waals surface area contributed by atoms with E-state index in [1.807, 2.05) is 0 Å². The van der Waals surface area contributed by atoms with Gasteiger partial charge >= 0.3 is 5.97 Å². The standard InChI is InChI=1S/C9H14O3/c1-6(10)7-2-4-8(5-3-7)9(11)12/h7-8,10H,1-5H2,(H,11,12). The minimum Gasteiger partial charge on any atom is -0.513 e. The van der Waals surface area contributed by atoms with Crippen LogP contribution in [0, 0.1) is 11.8 Å². The maximum absolute atomic E-state index is 10.5. The highest BCUT2D eigenvalue weighted by Crippen LogP contribution is 2.31. The van der Waals surface area contributed by atoms with E-state index in [4.69, 9.17) is 10.2 Å². The summed E-state index contributed by atoms with van der Waals surface area (Å²) in [5, 5.41) is 17.7. The summed E-state index contributed by atoms with van der Waals surface area (Å²) in [6.07, 6.45) is 2.84. The van der Waals surface area contributed by atoms with Crippen LogP contribution in [0.5, 0.6) is 0 Å². The fourth-order valence-electron chi connectivity index (χ4n) is 1.67. The zero-order chi connectivity index (χ0) is 9.14. The third-order valence-corrected chi connectivity index (χ3v) is 2.55. The normalized spacial score (nSPS) is 29.7. The Morgan fingerprint density at radius 1 is 1.08 bits per heavy atom. The third-order valence-electron chi connectivity index (χ3n) is 2.55. The van der Waals surface area contributed by atoms with Crippen molar-refractivity contribution in [3.63, 3.8) is 0 Å². The van der Waals surface area contributed by atoms with Crippen LogP contribution < -0.4 is 0 Å². The molecule has 0 aromatic carbocycles. The van der Waals surface area contributed by atoms with E-state index in [2.05, 4.69) is 6.58 Å². The number of carboxylic acid groups (broad SMARTS) is 1. The summed E-state index contributed by atoms with van der Waals surface area (Å²) >= 11 is 0. The zero-order valence-electron chi connectivity index (χ0n) is 6.99. The molecule has 0 bridgehead atoms. The van der Waals surface area contributed by atoms with Gasteiger partial charge in [0.05, 0.1) is 11.7 Å². The Bertz CT molecular complexity index is 168. The average Bonchev–Trinajstić information content (AvgIpc) is 2.04. The van der Waals surface area contributed by atoms with E-state index in [9.17, 15) is 4.79 Å². The molecule has 0 saturated heterocycles. The number of rotatable bonds is 2. The van der Waals surface area contributed by atoms with Crippen LogP contribution in [0.2, 0.25) is 0 Å². The molecule has 3 nitrogen and oxygen atoms in total. The summed E-state index contributed by atoms with van der Waals surface area (Å²) in [5.41, 5.74) is 0. The van der Waals surface area contributed by atoms with Crippen LogP contribution in [0.1, 0.15) is 25.7 Å². The molecular formula is C9H14O3. The first-order valence-corrected chi connectivity index (χ1v) is 4.22. The fraction of sp³-hybridized carbons (Fsp3) is 0.667. The lowest BCUT2D eigenvalue weighted by Crippen LogP contribution is -2.21. The average molecular weight is 170 g/mol. The van der Waals surface area contributed by atoms with Gasteiger partial charge in [-0.15, -0.1) is 0 Å². The summed E-state index contributed by atoms with van der Waals surface area (Å²) in [4.78, 5) is 10.5. The summed E-state index contributed by atoms with van der Waals surface area (Å²) in [7, 11) is 0. The Morgan fingerprint density at radius 2 is 1.50 bits per heavy atom.